The van der Waals surface area contributed by atoms with E-state index in [9.17, 15) is 0 Å². The Bertz CT molecular complexity index is 722. The monoisotopic (exact) mass is 284 g/mol. The van der Waals surface area contributed by atoms with Gasteiger partial charge in [-0.05, 0) is 23.6 Å². The highest BCUT2D eigenvalue weighted by Gasteiger charge is 2.10. The van der Waals surface area contributed by atoms with E-state index in [1.165, 1.54) is 22.3 Å². The topological polar surface area (TPSA) is 0 Å². The molecular weight excluding hydrogens is 264 g/mol. The second kappa shape index (κ2) is 6.91. The minimum absolute atomic E-state index is 0.280. The standard InChI is InChI=1S/C22H20/c1-18-12-15-21(16-13-18)22(20-10-6-3-7-11-20)17-14-19-8-4-2-5-9-19/h2-17,22H,1H3/b17-14+/t22-/m0/s1. The second-order valence-corrected chi connectivity index (χ2v) is 5.57. The van der Waals surface area contributed by atoms with E-state index in [-0.39, 0.29) is 5.92 Å². The van der Waals surface area contributed by atoms with Gasteiger partial charge in [0.15, 0.2) is 0 Å². The Balaban J connectivity index is 1.96. The molecule has 0 aromatic heterocycles. The molecule has 1 atom stereocenters. The fraction of sp³-hybridized carbons (Fsp3) is 0.0909. The first-order valence-corrected chi connectivity index (χ1v) is 7.68. The van der Waals surface area contributed by atoms with Crippen molar-refractivity contribution in [1.29, 1.82) is 0 Å². The van der Waals surface area contributed by atoms with Crippen molar-refractivity contribution in [1.82, 2.24) is 0 Å². The van der Waals surface area contributed by atoms with Gasteiger partial charge in [0, 0.05) is 5.92 Å². The van der Waals surface area contributed by atoms with Crippen LogP contribution >= 0.6 is 0 Å². The van der Waals surface area contributed by atoms with Crippen LogP contribution in [-0.4, -0.2) is 0 Å². The van der Waals surface area contributed by atoms with Gasteiger partial charge in [0.25, 0.3) is 0 Å². The van der Waals surface area contributed by atoms with Crippen molar-refractivity contribution in [2.75, 3.05) is 0 Å². The molecule has 0 amide bonds. The van der Waals surface area contributed by atoms with Crippen LogP contribution in [0.25, 0.3) is 6.08 Å². The van der Waals surface area contributed by atoms with Crippen molar-refractivity contribution >= 4 is 6.08 Å². The third-order valence-corrected chi connectivity index (χ3v) is 3.88. The van der Waals surface area contributed by atoms with E-state index in [1.54, 1.807) is 0 Å². The molecule has 0 heteroatoms. The average molecular weight is 284 g/mol. The maximum Gasteiger partial charge on any atom is 0.0272 e. The molecule has 0 saturated carbocycles. The molecule has 0 N–H and O–H groups in total. The molecular formula is C22H20. The minimum Gasteiger partial charge on any atom is -0.0721 e. The van der Waals surface area contributed by atoms with Gasteiger partial charge < -0.3 is 0 Å². The zero-order valence-corrected chi connectivity index (χ0v) is 12.8. The number of aryl methyl sites for hydroxylation is 1. The van der Waals surface area contributed by atoms with Gasteiger partial charge in [-0.3, -0.25) is 0 Å². The van der Waals surface area contributed by atoms with Crippen molar-refractivity contribution in [3.05, 3.63) is 113 Å². The summed E-state index contributed by atoms with van der Waals surface area (Å²) in [7, 11) is 0. The summed E-state index contributed by atoms with van der Waals surface area (Å²) in [4.78, 5) is 0. The summed E-state index contributed by atoms with van der Waals surface area (Å²) in [5.74, 6) is 0.280. The number of benzene rings is 3. The van der Waals surface area contributed by atoms with Gasteiger partial charge in [0.1, 0.15) is 0 Å². The quantitative estimate of drug-likeness (QED) is 0.564. The van der Waals surface area contributed by atoms with Crippen LogP contribution in [0.2, 0.25) is 0 Å². The molecule has 0 bridgehead atoms. The van der Waals surface area contributed by atoms with Crippen LogP contribution in [0.4, 0.5) is 0 Å². The molecule has 0 aliphatic heterocycles. The van der Waals surface area contributed by atoms with Gasteiger partial charge in [-0.2, -0.15) is 0 Å². The smallest absolute Gasteiger partial charge is 0.0272 e. The number of rotatable bonds is 4. The predicted molar refractivity (Wildman–Crippen MR) is 94.9 cm³/mol. The first kappa shape index (κ1) is 14.3. The molecule has 108 valence electrons. The SMILES string of the molecule is Cc1ccc([C@@H](/C=C/c2ccccc2)c2ccccc2)cc1. The largest absolute Gasteiger partial charge is 0.0721 e. The first-order chi connectivity index (χ1) is 10.8. The Kier molecular flexibility index (Phi) is 4.50. The van der Waals surface area contributed by atoms with Crippen LogP contribution < -0.4 is 0 Å². The van der Waals surface area contributed by atoms with Crippen molar-refractivity contribution in [2.24, 2.45) is 0 Å². The van der Waals surface area contributed by atoms with E-state index in [0.29, 0.717) is 0 Å². The molecule has 22 heavy (non-hydrogen) atoms. The molecule has 0 radical (unpaired) electrons. The molecule has 3 aromatic carbocycles. The maximum absolute atomic E-state index is 2.29. The van der Waals surface area contributed by atoms with Crippen LogP contribution in [0.5, 0.6) is 0 Å². The summed E-state index contributed by atoms with van der Waals surface area (Å²) in [6, 6.07) is 29.9. The molecule has 0 saturated heterocycles. The summed E-state index contributed by atoms with van der Waals surface area (Å²) in [6.45, 7) is 2.13. The Morgan fingerprint density at radius 1 is 0.636 bits per heavy atom. The van der Waals surface area contributed by atoms with Crippen LogP contribution in [0.3, 0.4) is 0 Å². The van der Waals surface area contributed by atoms with E-state index < -0.39 is 0 Å². The van der Waals surface area contributed by atoms with Crippen LogP contribution in [0, 0.1) is 6.92 Å². The van der Waals surface area contributed by atoms with E-state index in [4.69, 9.17) is 0 Å². The van der Waals surface area contributed by atoms with Crippen molar-refractivity contribution in [2.45, 2.75) is 12.8 Å². The lowest BCUT2D eigenvalue weighted by Gasteiger charge is -2.14. The molecule has 0 unspecified atom stereocenters. The average Bonchev–Trinajstić information content (AvgIpc) is 2.58. The molecule has 0 aliphatic rings. The second-order valence-electron chi connectivity index (χ2n) is 5.57. The highest BCUT2D eigenvalue weighted by Crippen LogP contribution is 2.27. The molecule has 0 heterocycles. The van der Waals surface area contributed by atoms with E-state index >= 15 is 0 Å². The highest BCUT2D eigenvalue weighted by molar-refractivity contribution is 5.53. The number of allylic oxidation sites excluding steroid dienone is 1. The van der Waals surface area contributed by atoms with Gasteiger partial charge in [-0.15, -0.1) is 0 Å². The Morgan fingerprint density at radius 3 is 1.82 bits per heavy atom. The lowest BCUT2D eigenvalue weighted by Crippen LogP contribution is -1.97. The fourth-order valence-electron chi connectivity index (χ4n) is 2.62. The highest BCUT2D eigenvalue weighted by atomic mass is 14.1. The predicted octanol–water partition coefficient (Wildman–Crippen LogP) is 5.84. The van der Waals surface area contributed by atoms with Gasteiger partial charge in [-0.25, -0.2) is 0 Å². The zero-order chi connectivity index (χ0) is 15.2. The molecule has 0 spiro atoms. The summed E-state index contributed by atoms with van der Waals surface area (Å²) in [5.41, 5.74) is 5.17. The summed E-state index contributed by atoms with van der Waals surface area (Å²) >= 11 is 0. The normalized spacial score (nSPS) is 12.4. The third kappa shape index (κ3) is 3.53. The lowest BCUT2D eigenvalue weighted by molar-refractivity contribution is 1.03. The molecule has 0 fully saturated rings. The molecule has 3 rings (SSSR count). The Labute approximate surface area is 132 Å². The van der Waals surface area contributed by atoms with Crippen LogP contribution in [-0.2, 0) is 0 Å². The number of hydrogen-bond acceptors (Lipinski definition) is 0. The fourth-order valence-corrected chi connectivity index (χ4v) is 2.62. The van der Waals surface area contributed by atoms with E-state index in [0.717, 1.165) is 0 Å². The number of hydrogen-bond donors (Lipinski definition) is 0. The summed E-state index contributed by atoms with van der Waals surface area (Å²) in [6.07, 6.45) is 4.49. The van der Waals surface area contributed by atoms with Crippen LogP contribution in [0.15, 0.2) is 91.0 Å². The molecule has 0 nitrogen and oxygen atoms in total. The molecule has 3 aromatic rings. The van der Waals surface area contributed by atoms with Gasteiger partial charge in [0.05, 0.1) is 0 Å². The lowest BCUT2D eigenvalue weighted by atomic mass is 9.90. The molecule has 0 aliphatic carbocycles. The summed E-state index contributed by atoms with van der Waals surface area (Å²) < 4.78 is 0. The van der Waals surface area contributed by atoms with Crippen molar-refractivity contribution < 1.29 is 0 Å². The van der Waals surface area contributed by atoms with E-state index in [2.05, 4.69) is 97.9 Å². The maximum atomic E-state index is 2.29. The Hall–Kier alpha value is -2.60. The van der Waals surface area contributed by atoms with Gasteiger partial charge in [0.2, 0.25) is 0 Å². The third-order valence-electron chi connectivity index (χ3n) is 3.88. The van der Waals surface area contributed by atoms with Crippen molar-refractivity contribution in [3.63, 3.8) is 0 Å². The first-order valence-electron chi connectivity index (χ1n) is 7.68. The zero-order valence-electron chi connectivity index (χ0n) is 12.8. The Morgan fingerprint density at radius 2 is 1.18 bits per heavy atom. The van der Waals surface area contributed by atoms with Crippen LogP contribution in [0.1, 0.15) is 28.2 Å². The summed E-state index contributed by atoms with van der Waals surface area (Å²) in [5, 5.41) is 0. The van der Waals surface area contributed by atoms with Crippen molar-refractivity contribution in [3.8, 4) is 0 Å². The van der Waals surface area contributed by atoms with E-state index in [1.807, 2.05) is 6.07 Å². The minimum atomic E-state index is 0.280. The van der Waals surface area contributed by atoms with Gasteiger partial charge >= 0.3 is 0 Å². The van der Waals surface area contributed by atoms with Gasteiger partial charge in [-0.1, -0.05) is 103 Å².